The van der Waals surface area contributed by atoms with Gasteiger partial charge in [0.2, 0.25) is 10.0 Å². The average Bonchev–Trinajstić information content (AvgIpc) is 2.69. The zero-order chi connectivity index (χ0) is 14.0. The van der Waals surface area contributed by atoms with Crippen molar-refractivity contribution in [1.29, 1.82) is 0 Å². The Morgan fingerprint density at radius 3 is 2.79 bits per heavy atom. The zero-order valence-corrected chi connectivity index (χ0v) is 12.8. The minimum atomic E-state index is -3.08. The van der Waals surface area contributed by atoms with E-state index in [1.807, 2.05) is 31.7 Å². The minimum Gasteiger partial charge on any atom is -0.337 e. The Labute approximate surface area is 115 Å². The van der Waals surface area contributed by atoms with Crippen LogP contribution in [0.1, 0.15) is 43.6 Å². The van der Waals surface area contributed by atoms with Crippen LogP contribution in [0.3, 0.4) is 0 Å². The normalized spacial score (nSPS) is 21.7. The molecule has 108 valence electrons. The molecule has 1 aromatic rings. The number of hydrogen-bond acceptors (Lipinski definition) is 3. The first-order chi connectivity index (χ1) is 8.94. The fourth-order valence-electron chi connectivity index (χ4n) is 2.81. The van der Waals surface area contributed by atoms with Crippen molar-refractivity contribution in [2.45, 2.75) is 39.0 Å². The standard InChI is InChI=1S/C13H23N3O2S/c1-4-8-19(17,18)16-7-5-6-12(10-16)13-14-11(2)9-15(13)3/h9,12H,4-8,10H2,1-3H3/t12-/m0/s1. The lowest BCUT2D eigenvalue weighted by atomic mass is 9.99. The second-order valence-corrected chi connectivity index (χ2v) is 7.45. The van der Waals surface area contributed by atoms with Crippen molar-refractivity contribution in [2.24, 2.45) is 7.05 Å². The van der Waals surface area contributed by atoms with Crippen LogP contribution in [0.4, 0.5) is 0 Å². The number of piperidine rings is 1. The Bertz CT molecular complexity index is 536. The molecule has 2 heterocycles. The molecular weight excluding hydrogens is 262 g/mol. The van der Waals surface area contributed by atoms with Gasteiger partial charge in [0, 0.05) is 32.3 Å². The summed E-state index contributed by atoms with van der Waals surface area (Å²) in [5, 5.41) is 0. The van der Waals surface area contributed by atoms with Crippen LogP contribution >= 0.6 is 0 Å². The fraction of sp³-hybridized carbons (Fsp3) is 0.769. The highest BCUT2D eigenvalue weighted by atomic mass is 32.2. The molecule has 0 aliphatic carbocycles. The van der Waals surface area contributed by atoms with Crippen LogP contribution in [0.25, 0.3) is 0 Å². The molecule has 1 aliphatic rings. The van der Waals surface area contributed by atoms with Gasteiger partial charge in [0.05, 0.1) is 11.4 Å². The van der Waals surface area contributed by atoms with Crippen LogP contribution in [0, 0.1) is 6.92 Å². The molecule has 19 heavy (non-hydrogen) atoms. The molecule has 1 saturated heterocycles. The van der Waals surface area contributed by atoms with E-state index in [2.05, 4.69) is 4.98 Å². The summed E-state index contributed by atoms with van der Waals surface area (Å²) in [6.45, 7) is 5.11. The lowest BCUT2D eigenvalue weighted by molar-refractivity contribution is 0.306. The van der Waals surface area contributed by atoms with Gasteiger partial charge in [-0.2, -0.15) is 0 Å². The minimum absolute atomic E-state index is 0.221. The number of rotatable bonds is 4. The monoisotopic (exact) mass is 285 g/mol. The largest absolute Gasteiger partial charge is 0.337 e. The van der Waals surface area contributed by atoms with E-state index in [1.54, 1.807) is 4.31 Å². The van der Waals surface area contributed by atoms with E-state index < -0.39 is 10.0 Å². The van der Waals surface area contributed by atoms with Crippen molar-refractivity contribution < 1.29 is 8.42 Å². The lowest BCUT2D eigenvalue weighted by Crippen LogP contribution is -2.40. The third-order valence-corrected chi connectivity index (χ3v) is 5.68. The van der Waals surface area contributed by atoms with E-state index in [0.29, 0.717) is 19.5 Å². The summed E-state index contributed by atoms with van der Waals surface area (Å²) in [7, 11) is -1.10. The zero-order valence-electron chi connectivity index (χ0n) is 12.0. The first-order valence-electron chi connectivity index (χ1n) is 6.91. The fourth-order valence-corrected chi connectivity index (χ4v) is 4.40. The van der Waals surface area contributed by atoms with Crippen LogP contribution in [0.15, 0.2) is 6.20 Å². The lowest BCUT2D eigenvalue weighted by Gasteiger charge is -2.31. The van der Waals surface area contributed by atoms with Crippen molar-refractivity contribution in [2.75, 3.05) is 18.8 Å². The second kappa shape index (κ2) is 5.63. The van der Waals surface area contributed by atoms with Gasteiger partial charge in [-0.25, -0.2) is 17.7 Å². The highest BCUT2D eigenvalue weighted by Gasteiger charge is 2.30. The maximum absolute atomic E-state index is 12.2. The van der Waals surface area contributed by atoms with Crippen molar-refractivity contribution in [3.63, 3.8) is 0 Å². The van der Waals surface area contributed by atoms with Gasteiger partial charge in [-0.3, -0.25) is 0 Å². The molecule has 1 fully saturated rings. The molecule has 0 aromatic carbocycles. The molecule has 1 atom stereocenters. The van der Waals surface area contributed by atoms with E-state index in [9.17, 15) is 8.42 Å². The molecule has 1 aromatic heterocycles. The molecule has 0 radical (unpaired) electrons. The van der Waals surface area contributed by atoms with Crippen molar-refractivity contribution >= 4 is 10.0 Å². The van der Waals surface area contributed by atoms with Gasteiger partial charge in [-0.1, -0.05) is 6.92 Å². The van der Waals surface area contributed by atoms with Gasteiger partial charge in [0.15, 0.2) is 0 Å². The van der Waals surface area contributed by atoms with Crippen LogP contribution in [-0.2, 0) is 17.1 Å². The SMILES string of the molecule is CCCS(=O)(=O)N1CCC[C@H](c2nc(C)cn2C)C1. The summed E-state index contributed by atoms with van der Waals surface area (Å²) < 4.78 is 28.0. The molecular formula is C13H23N3O2S. The van der Waals surface area contributed by atoms with Crippen molar-refractivity contribution in [3.05, 3.63) is 17.7 Å². The van der Waals surface area contributed by atoms with Crippen LogP contribution in [-0.4, -0.2) is 41.1 Å². The third-order valence-electron chi connectivity index (χ3n) is 3.64. The molecule has 5 nitrogen and oxygen atoms in total. The molecule has 2 rings (SSSR count). The molecule has 6 heteroatoms. The van der Waals surface area contributed by atoms with Crippen LogP contribution in [0.5, 0.6) is 0 Å². The maximum Gasteiger partial charge on any atom is 0.214 e. The van der Waals surface area contributed by atoms with E-state index in [1.165, 1.54) is 0 Å². The number of aryl methyl sites for hydroxylation is 2. The molecule has 1 aliphatic heterocycles. The Morgan fingerprint density at radius 2 is 2.21 bits per heavy atom. The van der Waals surface area contributed by atoms with Gasteiger partial charge in [0.25, 0.3) is 0 Å². The van der Waals surface area contributed by atoms with Gasteiger partial charge in [0.1, 0.15) is 5.82 Å². The highest BCUT2D eigenvalue weighted by molar-refractivity contribution is 7.89. The molecule has 0 saturated carbocycles. The quantitative estimate of drug-likeness (QED) is 0.845. The van der Waals surface area contributed by atoms with Gasteiger partial charge < -0.3 is 4.57 Å². The summed E-state index contributed by atoms with van der Waals surface area (Å²) in [4.78, 5) is 4.54. The van der Waals surface area contributed by atoms with Crippen LogP contribution in [0.2, 0.25) is 0 Å². The molecule has 0 amide bonds. The van der Waals surface area contributed by atoms with E-state index in [0.717, 1.165) is 24.4 Å². The number of hydrogen-bond donors (Lipinski definition) is 0. The van der Waals surface area contributed by atoms with E-state index in [4.69, 9.17) is 0 Å². The third kappa shape index (κ3) is 3.17. The molecule has 0 spiro atoms. The highest BCUT2D eigenvalue weighted by Crippen LogP contribution is 2.27. The number of aromatic nitrogens is 2. The molecule has 0 N–H and O–H groups in total. The Kier molecular flexibility index (Phi) is 4.30. The second-order valence-electron chi connectivity index (χ2n) is 5.36. The molecule has 0 bridgehead atoms. The van der Waals surface area contributed by atoms with E-state index in [-0.39, 0.29) is 11.7 Å². The summed E-state index contributed by atoms with van der Waals surface area (Å²) in [5.41, 5.74) is 0.992. The first kappa shape index (κ1) is 14.5. The van der Waals surface area contributed by atoms with Crippen molar-refractivity contribution in [3.8, 4) is 0 Å². The average molecular weight is 285 g/mol. The first-order valence-corrected chi connectivity index (χ1v) is 8.52. The summed E-state index contributed by atoms with van der Waals surface area (Å²) in [6, 6.07) is 0. The number of nitrogens with zero attached hydrogens (tertiary/aromatic N) is 3. The Hall–Kier alpha value is -0.880. The Balaban J connectivity index is 2.16. The smallest absolute Gasteiger partial charge is 0.214 e. The predicted octanol–water partition coefficient (Wildman–Crippen LogP) is 1.65. The van der Waals surface area contributed by atoms with Crippen LogP contribution < -0.4 is 0 Å². The maximum atomic E-state index is 12.2. The van der Waals surface area contributed by atoms with Gasteiger partial charge in [-0.05, 0) is 26.2 Å². The summed E-state index contributed by atoms with van der Waals surface area (Å²) in [6.07, 6.45) is 4.60. The number of sulfonamides is 1. The van der Waals surface area contributed by atoms with E-state index >= 15 is 0 Å². The molecule has 0 unspecified atom stereocenters. The predicted molar refractivity (Wildman–Crippen MR) is 75.6 cm³/mol. The van der Waals surface area contributed by atoms with Gasteiger partial charge in [-0.15, -0.1) is 0 Å². The van der Waals surface area contributed by atoms with Crippen molar-refractivity contribution in [1.82, 2.24) is 13.9 Å². The van der Waals surface area contributed by atoms with Gasteiger partial charge >= 0.3 is 0 Å². The summed E-state index contributed by atoms with van der Waals surface area (Å²) in [5.74, 6) is 1.48. The topological polar surface area (TPSA) is 55.2 Å². The number of imidazole rings is 1. The Morgan fingerprint density at radius 1 is 1.47 bits per heavy atom. The summed E-state index contributed by atoms with van der Waals surface area (Å²) >= 11 is 0.